The highest BCUT2D eigenvalue weighted by Gasteiger charge is 2.56. The number of anilines is 1. The van der Waals surface area contributed by atoms with Crippen molar-refractivity contribution in [3.63, 3.8) is 0 Å². The number of carbonyl (C=O) groups is 3. The average Bonchev–Trinajstić information content (AvgIpc) is 3.62. The normalized spacial score (nSPS) is 20.5. The first-order chi connectivity index (χ1) is 15.6. The standard InChI is InChI=1S/C26H31N3O4/c1-5-25(2,3)17-8-12-20(13-9-17)33-21-14-10-19(11-15-21)27-22(30)16-29-23(31)26(4,18-6-7-18)28-24(29)32/h8-15,18H,5-7,16H2,1-4H3,(H,27,30)(H,28,32). The Morgan fingerprint density at radius 1 is 1.09 bits per heavy atom. The van der Waals surface area contributed by atoms with Crippen LogP contribution < -0.4 is 15.4 Å². The van der Waals surface area contributed by atoms with Crippen LogP contribution in [0.3, 0.4) is 0 Å². The summed E-state index contributed by atoms with van der Waals surface area (Å²) in [4.78, 5) is 38.3. The predicted octanol–water partition coefficient (Wildman–Crippen LogP) is 4.83. The number of ether oxygens (including phenoxy) is 1. The molecule has 7 heteroatoms. The summed E-state index contributed by atoms with van der Waals surface area (Å²) in [5.41, 5.74) is 1.05. The Bertz CT molecular complexity index is 1060. The van der Waals surface area contributed by atoms with Gasteiger partial charge < -0.3 is 15.4 Å². The largest absolute Gasteiger partial charge is 0.457 e. The van der Waals surface area contributed by atoms with E-state index in [9.17, 15) is 14.4 Å². The minimum atomic E-state index is -0.888. The summed E-state index contributed by atoms with van der Waals surface area (Å²) in [6.07, 6.45) is 2.88. The Kier molecular flexibility index (Phi) is 5.91. The van der Waals surface area contributed by atoms with Gasteiger partial charge in [0.25, 0.3) is 5.91 Å². The molecule has 1 heterocycles. The molecule has 1 unspecified atom stereocenters. The topological polar surface area (TPSA) is 87.7 Å². The summed E-state index contributed by atoms with van der Waals surface area (Å²) >= 11 is 0. The van der Waals surface area contributed by atoms with Crippen LogP contribution in [0.2, 0.25) is 0 Å². The van der Waals surface area contributed by atoms with Crippen molar-refractivity contribution in [2.45, 2.75) is 57.9 Å². The summed E-state index contributed by atoms with van der Waals surface area (Å²) in [6.45, 7) is 8.03. The van der Waals surface area contributed by atoms with Gasteiger partial charge in [0.2, 0.25) is 5.91 Å². The van der Waals surface area contributed by atoms with Gasteiger partial charge in [0.05, 0.1) is 0 Å². The van der Waals surface area contributed by atoms with Crippen LogP contribution in [0.25, 0.3) is 0 Å². The number of hydrogen-bond acceptors (Lipinski definition) is 4. The summed E-state index contributed by atoms with van der Waals surface area (Å²) in [7, 11) is 0. The number of nitrogens with zero attached hydrogens (tertiary/aromatic N) is 1. The van der Waals surface area contributed by atoms with Gasteiger partial charge in [0.15, 0.2) is 0 Å². The number of imide groups is 1. The molecule has 7 nitrogen and oxygen atoms in total. The number of carbonyl (C=O) groups excluding carboxylic acids is 3. The molecule has 2 aromatic rings. The van der Waals surface area contributed by atoms with Crippen LogP contribution in [0.5, 0.6) is 11.5 Å². The van der Waals surface area contributed by atoms with E-state index >= 15 is 0 Å². The highest BCUT2D eigenvalue weighted by Crippen LogP contribution is 2.42. The van der Waals surface area contributed by atoms with Crippen molar-refractivity contribution in [1.29, 1.82) is 0 Å². The highest BCUT2D eigenvalue weighted by molar-refractivity contribution is 6.10. The Morgan fingerprint density at radius 2 is 1.67 bits per heavy atom. The number of urea groups is 1. The van der Waals surface area contributed by atoms with E-state index in [4.69, 9.17) is 4.74 Å². The molecule has 1 aliphatic heterocycles. The van der Waals surface area contributed by atoms with Gasteiger partial charge in [-0.15, -0.1) is 0 Å². The molecule has 0 aromatic heterocycles. The first-order valence-electron chi connectivity index (χ1n) is 11.4. The molecule has 2 aromatic carbocycles. The molecular weight excluding hydrogens is 418 g/mol. The van der Waals surface area contributed by atoms with Gasteiger partial charge >= 0.3 is 6.03 Å². The fourth-order valence-corrected chi connectivity index (χ4v) is 4.06. The van der Waals surface area contributed by atoms with E-state index in [0.717, 1.165) is 29.9 Å². The van der Waals surface area contributed by atoms with E-state index < -0.39 is 17.5 Å². The van der Waals surface area contributed by atoms with Gasteiger partial charge in [-0.1, -0.05) is 32.9 Å². The van der Waals surface area contributed by atoms with Crippen LogP contribution in [0.15, 0.2) is 48.5 Å². The van der Waals surface area contributed by atoms with Crippen LogP contribution in [-0.4, -0.2) is 34.8 Å². The number of amides is 4. The molecule has 4 amide bonds. The molecule has 33 heavy (non-hydrogen) atoms. The molecule has 1 aliphatic carbocycles. The maximum Gasteiger partial charge on any atom is 0.325 e. The number of hydrogen-bond donors (Lipinski definition) is 2. The van der Waals surface area contributed by atoms with Gasteiger partial charge in [0, 0.05) is 5.69 Å². The monoisotopic (exact) mass is 449 g/mol. The SMILES string of the molecule is CCC(C)(C)c1ccc(Oc2ccc(NC(=O)CN3C(=O)NC(C)(C4CC4)C3=O)cc2)cc1. The zero-order valence-electron chi connectivity index (χ0n) is 19.6. The van der Waals surface area contributed by atoms with Gasteiger partial charge in [-0.05, 0) is 79.5 Å². The smallest absolute Gasteiger partial charge is 0.325 e. The average molecular weight is 450 g/mol. The summed E-state index contributed by atoms with van der Waals surface area (Å²) in [6, 6.07) is 14.5. The lowest BCUT2D eigenvalue weighted by molar-refractivity contribution is -0.134. The third-order valence-corrected chi connectivity index (χ3v) is 6.89. The zero-order chi connectivity index (χ0) is 23.8. The molecule has 1 saturated heterocycles. The van der Waals surface area contributed by atoms with E-state index in [0.29, 0.717) is 11.4 Å². The molecule has 2 fully saturated rings. The zero-order valence-corrected chi connectivity index (χ0v) is 19.6. The van der Waals surface area contributed by atoms with E-state index in [1.807, 2.05) is 12.1 Å². The first-order valence-corrected chi connectivity index (χ1v) is 11.4. The van der Waals surface area contributed by atoms with Crippen LogP contribution in [-0.2, 0) is 15.0 Å². The quantitative estimate of drug-likeness (QED) is 0.565. The van der Waals surface area contributed by atoms with E-state index in [-0.39, 0.29) is 23.8 Å². The van der Waals surface area contributed by atoms with Crippen molar-refractivity contribution in [2.75, 3.05) is 11.9 Å². The molecule has 2 N–H and O–H groups in total. The second-order valence-electron chi connectivity index (χ2n) is 9.73. The van der Waals surface area contributed by atoms with Gasteiger partial charge in [-0.25, -0.2) is 4.79 Å². The van der Waals surface area contributed by atoms with E-state index in [2.05, 4.69) is 43.5 Å². The van der Waals surface area contributed by atoms with Gasteiger partial charge in [0.1, 0.15) is 23.6 Å². The summed E-state index contributed by atoms with van der Waals surface area (Å²) in [5, 5.41) is 5.48. The molecule has 2 aliphatic rings. The third kappa shape index (κ3) is 4.72. The van der Waals surface area contributed by atoms with E-state index in [1.54, 1.807) is 31.2 Å². The van der Waals surface area contributed by atoms with Crippen molar-refractivity contribution >= 4 is 23.5 Å². The Labute approximate surface area is 194 Å². The summed E-state index contributed by atoms with van der Waals surface area (Å²) in [5.74, 6) is 0.775. The Hall–Kier alpha value is -3.35. The molecule has 174 valence electrons. The van der Waals surface area contributed by atoms with Crippen molar-refractivity contribution in [3.05, 3.63) is 54.1 Å². The third-order valence-electron chi connectivity index (χ3n) is 6.89. The number of rotatable bonds is 8. The maximum absolute atomic E-state index is 12.7. The second-order valence-corrected chi connectivity index (χ2v) is 9.73. The minimum absolute atomic E-state index is 0.120. The number of nitrogens with one attached hydrogen (secondary N) is 2. The van der Waals surface area contributed by atoms with Crippen LogP contribution in [0.1, 0.15) is 52.5 Å². The second kappa shape index (κ2) is 8.54. The van der Waals surface area contributed by atoms with E-state index in [1.165, 1.54) is 5.56 Å². The molecule has 1 saturated carbocycles. The van der Waals surface area contributed by atoms with Crippen molar-refractivity contribution in [2.24, 2.45) is 5.92 Å². The lowest BCUT2D eigenvalue weighted by atomic mass is 9.82. The van der Waals surface area contributed by atoms with Crippen LogP contribution >= 0.6 is 0 Å². The molecular formula is C26H31N3O4. The first kappa shape index (κ1) is 22.8. The fraction of sp³-hybridized carbons (Fsp3) is 0.423. The lowest BCUT2D eigenvalue weighted by Gasteiger charge is -2.23. The highest BCUT2D eigenvalue weighted by atomic mass is 16.5. The Balaban J connectivity index is 1.33. The molecule has 1 atom stereocenters. The molecule has 4 rings (SSSR count). The van der Waals surface area contributed by atoms with Crippen LogP contribution in [0, 0.1) is 5.92 Å². The van der Waals surface area contributed by atoms with Crippen LogP contribution in [0.4, 0.5) is 10.5 Å². The minimum Gasteiger partial charge on any atom is -0.457 e. The van der Waals surface area contributed by atoms with Gasteiger partial charge in [-0.3, -0.25) is 14.5 Å². The predicted molar refractivity (Wildman–Crippen MR) is 126 cm³/mol. The summed E-state index contributed by atoms with van der Waals surface area (Å²) < 4.78 is 5.91. The Morgan fingerprint density at radius 3 is 2.21 bits per heavy atom. The van der Waals surface area contributed by atoms with Crippen molar-refractivity contribution in [1.82, 2.24) is 10.2 Å². The van der Waals surface area contributed by atoms with Gasteiger partial charge in [-0.2, -0.15) is 0 Å². The maximum atomic E-state index is 12.7. The molecule has 0 bridgehead atoms. The molecule has 0 radical (unpaired) electrons. The number of benzene rings is 2. The van der Waals surface area contributed by atoms with Crippen molar-refractivity contribution < 1.29 is 19.1 Å². The molecule has 0 spiro atoms. The lowest BCUT2D eigenvalue weighted by Crippen LogP contribution is -2.46. The fourth-order valence-electron chi connectivity index (χ4n) is 4.06. The van der Waals surface area contributed by atoms with Crippen molar-refractivity contribution in [3.8, 4) is 11.5 Å².